The molecule has 1 atom stereocenters. The predicted molar refractivity (Wildman–Crippen MR) is 74.2 cm³/mol. The highest BCUT2D eigenvalue weighted by Crippen LogP contribution is 2.27. The van der Waals surface area contributed by atoms with Crippen LogP contribution in [0, 0.1) is 0 Å². The smallest absolute Gasteiger partial charge is 0.250 e. The van der Waals surface area contributed by atoms with E-state index < -0.39 is 10.0 Å². The Labute approximate surface area is 112 Å². The molecule has 7 heteroatoms. The third kappa shape index (κ3) is 3.23. The number of rotatable bonds is 6. The first-order valence-corrected chi connectivity index (χ1v) is 8.32. The average Bonchev–Trinajstić information content (AvgIpc) is 3.07. The highest BCUT2D eigenvalue weighted by atomic mass is 32.2. The Bertz CT molecular complexity index is 508. The van der Waals surface area contributed by atoms with E-state index in [2.05, 4.69) is 9.62 Å². The SMILES string of the molecule is CC(CNS(=O)(=O)c1cc(N)cs1)N(C)C1CC1. The number of hydrogen-bond donors (Lipinski definition) is 2. The predicted octanol–water partition coefficient (Wildman–Crippen LogP) is 1.09. The molecule has 0 aliphatic heterocycles. The summed E-state index contributed by atoms with van der Waals surface area (Å²) < 4.78 is 26.9. The molecule has 18 heavy (non-hydrogen) atoms. The van der Waals surface area contributed by atoms with E-state index in [1.807, 2.05) is 14.0 Å². The van der Waals surface area contributed by atoms with Gasteiger partial charge in [0.15, 0.2) is 0 Å². The van der Waals surface area contributed by atoms with Gasteiger partial charge in [-0.2, -0.15) is 0 Å². The molecule has 1 unspecified atom stereocenters. The summed E-state index contributed by atoms with van der Waals surface area (Å²) in [6.45, 7) is 2.46. The second-order valence-electron chi connectivity index (χ2n) is 4.80. The largest absolute Gasteiger partial charge is 0.398 e. The Kier molecular flexibility index (Phi) is 3.96. The maximum atomic E-state index is 12.0. The summed E-state index contributed by atoms with van der Waals surface area (Å²) in [7, 11) is -1.37. The summed E-state index contributed by atoms with van der Waals surface area (Å²) in [6.07, 6.45) is 2.43. The van der Waals surface area contributed by atoms with Crippen LogP contribution < -0.4 is 10.5 Å². The number of nitrogens with zero attached hydrogens (tertiary/aromatic N) is 1. The molecule has 0 amide bonds. The van der Waals surface area contributed by atoms with Crippen LogP contribution in [0.5, 0.6) is 0 Å². The Morgan fingerprint density at radius 3 is 2.78 bits per heavy atom. The molecule has 2 rings (SSSR count). The topological polar surface area (TPSA) is 75.4 Å². The zero-order valence-corrected chi connectivity index (χ0v) is 12.2. The van der Waals surface area contributed by atoms with E-state index >= 15 is 0 Å². The minimum absolute atomic E-state index is 0.199. The number of anilines is 1. The van der Waals surface area contributed by atoms with Gasteiger partial charge in [-0.25, -0.2) is 13.1 Å². The number of thiophene rings is 1. The molecule has 0 spiro atoms. The van der Waals surface area contributed by atoms with Crippen LogP contribution in [0.4, 0.5) is 5.69 Å². The lowest BCUT2D eigenvalue weighted by Crippen LogP contribution is -2.40. The molecular weight excluding hydrogens is 270 g/mol. The summed E-state index contributed by atoms with van der Waals surface area (Å²) in [4.78, 5) is 2.23. The molecule has 1 heterocycles. The zero-order valence-electron chi connectivity index (χ0n) is 10.6. The van der Waals surface area contributed by atoms with Crippen molar-refractivity contribution >= 4 is 27.0 Å². The molecule has 1 aromatic rings. The first kappa shape index (κ1) is 13.8. The van der Waals surface area contributed by atoms with Crippen LogP contribution in [-0.4, -0.2) is 39.0 Å². The minimum Gasteiger partial charge on any atom is -0.398 e. The second kappa shape index (κ2) is 5.16. The molecule has 1 aliphatic rings. The first-order valence-electron chi connectivity index (χ1n) is 5.96. The van der Waals surface area contributed by atoms with Gasteiger partial charge in [0.05, 0.1) is 0 Å². The Balaban J connectivity index is 1.92. The molecule has 1 aromatic heterocycles. The van der Waals surface area contributed by atoms with Crippen LogP contribution in [0.3, 0.4) is 0 Å². The lowest BCUT2D eigenvalue weighted by Gasteiger charge is -2.24. The van der Waals surface area contributed by atoms with Gasteiger partial charge >= 0.3 is 0 Å². The number of nitrogens with two attached hydrogens (primary N) is 1. The van der Waals surface area contributed by atoms with Crippen LogP contribution in [0.15, 0.2) is 15.7 Å². The molecule has 0 radical (unpaired) electrons. The van der Waals surface area contributed by atoms with Crippen molar-refractivity contribution in [2.24, 2.45) is 0 Å². The van der Waals surface area contributed by atoms with Crippen molar-refractivity contribution in [3.63, 3.8) is 0 Å². The summed E-state index contributed by atoms with van der Waals surface area (Å²) in [5.74, 6) is 0. The van der Waals surface area contributed by atoms with E-state index in [0.717, 1.165) is 11.3 Å². The molecule has 102 valence electrons. The van der Waals surface area contributed by atoms with Crippen molar-refractivity contribution in [1.29, 1.82) is 0 Å². The molecule has 5 nitrogen and oxygen atoms in total. The Morgan fingerprint density at radius 1 is 1.61 bits per heavy atom. The standard InChI is InChI=1S/C11H19N3O2S2/c1-8(14(2)10-3-4-10)6-13-18(15,16)11-5-9(12)7-17-11/h5,7-8,10,13H,3-4,6,12H2,1-2H3. The van der Waals surface area contributed by atoms with Crippen LogP contribution in [0.2, 0.25) is 0 Å². The summed E-state index contributed by atoms with van der Waals surface area (Å²) in [6, 6.07) is 2.31. The molecule has 0 aromatic carbocycles. The molecule has 1 fully saturated rings. The third-order valence-corrected chi connectivity index (χ3v) is 6.13. The van der Waals surface area contributed by atoms with Crippen LogP contribution in [0.25, 0.3) is 0 Å². The van der Waals surface area contributed by atoms with Gasteiger partial charge in [-0.1, -0.05) is 0 Å². The summed E-state index contributed by atoms with van der Waals surface area (Å²) >= 11 is 1.15. The van der Waals surface area contributed by atoms with Crippen LogP contribution >= 0.6 is 11.3 Å². The second-order valence-corrected chi connectivity index (χ2v) is 7.70. The number of nitrogen functional groups attached to an aromatic ring is 1. The van der Waals surface area contributed by atoms with Gasteiger partial charge in [0.2, 0.25) is 10.0 Å². The van der Waals surface area contributed by atoms with Crippen molar-refractivity contribution in [3.8, 4) is 0 Å². The van der Waals surface area contributed by atoms with E-state index in [4.69, 9.17) is 5.73 Å². The average molecular weight is 289 g/mol. The molecule has 0 saturated heterocycles. The van der Waals surface area contributed by atoms with Gasteiger partial charge in [0, 0.05) is 29.7 Å². The number of nitrogens with one attached hydrogen (secondary N) is 1. The van der Waals surface area contributed by atoms with Crippen molar-refractivity contribution in [1.82, 2.24) is 9.62 Å². The normalized spacial score (nSPS) is 18.2. The monoisotopic (exact) mass is 289 g/mol. The van der Waals surface area contributed by atoms with E-state index in [9.17, 15) is 8.42 Å². The fraction of sp³-hybridized carbons (Fsp3) is 0.636. The van der Waals surface area contributed by atoms with Crippen molar-refractivity contribution < 1.29 is 8.42 Å². The molecule has 1 aliphatic carbocycles. The maximum Gasteiger partial charge on any atom is 0.250 e. The van der Waals surface area contributed by atoms with Crippen molar-refractivity contribution in [2.75, 3.05) is 19.3 Å². The Hall–Kier alpha value is -0.630. The fourth-order valence-corrected chi connectivity index (χ4v) is 4.00. The lowest BCUT2D eigenvalue weighted by atomic mass is 10.3. The summed E-state index contributed by atoms with van der Waals surface area (Å²) in [5, 5.41) is 1.63. The molecule has 1 saturated carbocycles. The van der Waals surface area contributed by atoms with E-state index in [1.54, 1.807) is 5.38 Å². The molecule has 3 N–H and O–H groups in total. The van der Waals surface area contributed by atoms with Crippen LogP contribution in [-0.2, 0) is 10.0 Å². The van der Waals surface area contributed by atoms with Crippen molar-refractivity contribution in [3.05, 3.63) is 11.4 Å². The highest BCUT2D eigenvalue weighted by molar-refractivity contribution is 7.91. The fourth-order valence-electron chi connectivity index (χ4n) is 1.76. The third-order valence-electron chi connectivity index (χ3n) is 3.25. The summed E-state index contributed by atoms with van der Waals surface area (Å²) in [5.41, 5.74) is 6.03. The lowest BCUT2D eigenvalue weighted by molar-refractivity contribution is 0.248. The minimum atomic E-state index is -3.41. The van der Waals surface area contributed by atoms with Gasteiger partial charge in [-0.05, 0) is 32.9 Å². The van der Waals surface area contributed by atoms with Crippen molar-refractivity contribution in [2.45, 2.75) is 36.1 Å². The molecule has 0 bridgehead atoms. The Morgan fingerprint density at radius 2 is 2.28 bits per heavy atom. The maximum absolute atomic E-state index is 12.0. The highest BCUT2D eigenvalue weighted by Gasteiger charge is 2.29. The number of hydrogen-bond acceptors (Lipinski definition) is 5. The zero-order chi connectivity index (χ0) is 13.3. The van der Waals surface area contributed by atoms with Gasteiger partial charge in [-0.3, -0.25) is 4.90 Å². The van der Waals surface area contributed by atoms with Gasteiger partial charge < -0.3 is 5.73 Å². The quantitative estimate of drug-likeness (QED) is 0.822. The number of likely N-dealkylation sites (N-methyl/N-ethyl adjacent to an activating group) is 1. The van der Waals surface area contributed by atoms with E-state index in [1.165, 1.54) is 18.9 Å². The molecular formula is C11H19N3O2S2. The van der Waals surface area contributed by atoms with E-state index in [0.29, 0.717) is 18.3 Å². The van der Waals surface area contributed by atoms with Gasteiger partial charge in [0.1, 0.15) is 4.21 Å². The van der Waals surface area contributed by atoms with E-state index in [-0.39, 0.29) is 10.3 Å². The first-order chi connectivity index (χ1) is 8.40. The van der Waals surface area contributed by atoms with Gasteiger partial charge in [-0.15, -0.1) is 11.3 Å². The number of sulfonamides is 1. The van der Waals surface area contributed by atoms with Gasteiger partial charge in [0.25, 0.3) is 0 Å². The van der Waals surface area contributed by atoms with Crippen LogP contribution in [0.1, 0.15) is 19.8 Å².